The van der Waals surface area contributed by atoms with Crippen LogP contribution in [-0.2, 0) is 14.3 Å². The van der Waals surface area contributed by atoms with Gasteiger partial charge in [0, 0.05) is 6.42 Å². The molecule has 0 aliphatic carbocycles. The van der Waals surface area contributed by atoms with E-state index in [0.717, 1.165) is 38.5 Å². The topological polar surface area (TPSA) is 149 Å². The van der Waals surface area contributed by atoms with Crippen molar-refractivity contribution in [1.82, 2.24) is 5.32 Å². The standard InChI is InChI=1S/C52H99NO8/c1-3-5-7-9-11-13-15-17-19-21-22-23-24-26-28-30-32-34-36-38-40-42-48(56)53-45(44-60-52-51(59)50(58)49(57)47(43-54)61-52)46(55)41-39-37-35-33-31-29-27-25-20-18-16-14-12-10-8-6-4-2/h23-24,39,41,45-47,49-52,54-55,57-59H,3-22,25-38,40,42-44H2,1-2H3,(H,53,56)/b24-23-,41-39+. The Morgan fingerprint density at radius 3 is 1.33 bits per heavy atom. The minimum atomic E-state index is -1.57. The van der Waals surface area contributed by atoms with E-state index in [-0.39, 0.29) is 12.5 Å². The lowest BCUT2D eigenvalue weighted by Gasteiger charge is -2.40. The molecule has 1 saturated heterocycles. The number of aliphatic hydroxyl groups is 5. The van der Waals surface area contributed by atoms with E-state index in [1.54, 1.807) is 6.08 Å². The summed E-state index contributed by atoms with van der Waals surface area (Å²) in [5, 5.41) is 54.4. The minimum Gasteiger partial charge on any atom is -0.394 e. The third-order valence-corrected chi connectivity index (χ3v) is 12.5. The van der Waals surface area contributed by atoms with Crippen LogP contribution in [0.2, 0.25) is 0 Å². The summed E-state index contributed by atoms with van der Waals surface area (Å²) in [6.07, 6.45) is 45.1. The van der Waals surface area contributed by atoms with E-state index in [9.17, 15) is 30.3 Å². The Labute approximate surface area is 375 Å². The molecule has 0 radical (unpaired) electrons. The lowest BCUT2D eigenvalue weighted by molar-refractivity contribution is -0.302. The summed E-state index contributed by atoms with van der Waals surface area (Å²) < 4.78 is 11.2. The Kier molecular flexibility index (Phi) is 40.3. The predicted octanol–water partition coefficient (Wildman–Crippen LogP) is 11.8. The maximum atomic E-state index is 13.0. The summed E-state index contributed by atoms with van der Waals surface area (Å²) in [6.45, 7) is 3.79. The van der Waals surface area contributed by atoms with E-state index in [2.05, 4.69) is 31.3 Å². The predicted molar refractivity (Wildman–Crippen MR) is 253 cm³/mol. The van der Waals surface area contributed by atoms with Crippen molar-refractivity contribution < 1.29 is 39.8 Å². The Hall–Kier alpha value is -1.33. The molecule has 1 aliphatic heterocycles. The lowest BCUT2D eigenvalue weighted by atomic mass is 9.99. The van der Waals surface area contributed by atoms with Crippen LogP contribution in [0.4, 0.5) is 0 Å². The third kappa shape index (κ3) is 32.9. The molecule has 0 spiro atoms. The molecular weight excluding hydrogens is 767 g/mol. The van der Waals surface area contributed by atoms with Crippen molar-refractivity contribution in [3.05, 3.63) is 24.3 Å². The fourth-order valence-electron chi connectivity index (χ4n) is 8.33. The zero-order valence-electron chi connectivity index (χ0n) is 39.7. The highest BCUT2D eigenvalue weighted by Gasteiger charge is 2.44. The van der Waals surface area contributed by atoms with Crippen molar-refractivity contribution in [2.24, 2.45) is 0 Å². The van der Waals surface area contributed by atoms with E-state index >= 15 is 0 Å². The second-order valence-corrected chi connectivity index (χ2v) is 18.3. The Morgan fingerprint density at radius 1 is 0.541 bits per heavy atom. The largest absolute Gasteiger partial charge is 0.394 e. The summed E-state index contributed by atoms with van der Waals surface area (Å²) in [6, 6.07) is -0.805. The first-order valence-electron chi connectivity index (χ1n) is 26.1. The number of nitrogens with one attached hydrogen (secondary N) is 1. The van der Waals surface area contributed by atoms with Crippen LogP contribution in [0.5, 0.6) is 0 Å². The van der Waals surface area contributed by atoms with E-state index in [1.807, 2.05) is 6.08 Å². The molecule has 9 nitrogen and oxygen atoms in total. The molecule has 1 rings (SSSR count). The zero-order valence-corrected chi connectivity index (χ0v) is 39.7. The first kappa shape index (κ1) is 57.7. The number of allylic oxidation sites excluding steroid dienone is 3. The molecule has 0 aromatic carbocycles. The Balaban J connectivity index is 2.29. The molecule has 1 amide bonds. The van der Waals surface area contributed by atoms with Crippen LogP contribution in [-0.4, -0.2) is 87.5 Å². The van der Waals surface area contributed by atoms with Gasteiger partial charge in [-0.05, 0) is 44.9 Å². The van der Waals surface area contributed by atoms with Crippen LogP contribution in [0.3, 0.4) is 0 Å². The average molecular weight is 866 g/mol. The molecule has 1 heterocycles. The Bertz CT molecular complexity index is 1010. The van der Waals surface area contributed by atoms with Gasteiger partial charge in [0.15, 0.2) is 6.29 Å². The summed E-state index contributed by atoms with van der Waals surface area (Å²) in [5.74, 6) is -0.179. The number of carbonyl (C=O) groups excluding carboxylic acids is 1. The maximum Gasteiger partial charge on any atom is 0.220 e. The van der Waals surface area contributed by atoms with Gasteiger partial charge >= 0.3 is 0 Å². The average Bonchev–Trinajstić information content (AvgIpc) is 3.26. The SMILES string of the molecule is CCCCCCCCCCCC/C=C\CCCCCCCCCC(=O)NC(COC1OC(CO)C(O)C(O)C1O)C(O)/C=C/CCCCCCCCCCCCCCCCC. The molecular formula is C52H99NO8. The molecule has 0 bridgehead atoms. The fraction of sp³-hybridized carbons (Fsp3) is 0.904. The maximum absolute atomic E-state index is 13.0. The molecule has 7 atom stereocenters. The fourth-order valence-corrected chi connectivity index (χ4v) is 8.33. The number of unbranched alkanes of at least 4 members (excludes halogenated alkanes) is 32. The summed E-state index contributed by atoms with van der Waals surface area (Å²) in [5.41, 5.74) is 0. The van der Waals surface area contributed by atoms with Crippen LogP contribution in [0, 0.1) is 0 Å². The van der Waals surface area contributed by atoms with Gasteiger partial charge in [0.1, 0.15) is 24.4 Å². The molecule has 1 aliphatic rings. The van der Waals surface area contributed by atoms with Crippen molar-refractivity contribution >= 4 is 5.91 Å². The summed E-state index contributed by atoms with van der Waals surface area (Å²) in [7, 11) is 0. The van der Waals surface area contributed by atoms with Crippen LogP contribution < -0.4 is 5.32 Å². The molecule has 61 heavy (non-hydrogen) atoms. The molecule has 0 aromatic rings. The number of hydrogen-bond donors (Lipinski definition) is 6. The van der Waals surface area contributed by atoms with Crippen molar-refractivity contribution in [1.29, 1.82) is 0 Å². The van der Waals surface area contributed by atoms with Crippen LogP contribution in [0.25, 0.3) is 0 Å². The van der Waals surface area contributed by atoms with Crippen LogP contribution >= 0.6 is 0 Å². The van der Waals surface area contributed by atoms with E-state index in [4.69, 9.17) is 9.47 Å². The molecule has 360 valence electrons. The summed E-state index contributed by atoms with van der Waals surface area (Å²) in [4.78, 5) is 13.0. The van der Waals surface area contributed by atoms with Gasteiger partial charge < -0.3 is 40.3 Å². The Morgan fingerprint density at radius 2 is 0.918 bits per heavy atom. The lowest BCUT2D eigenvalue weighted by Crippen LogP contribution is -2.60. The number of aliphatic hydroxyl groups excluding tert-OH is 5. The van der Waals surface area contributed by atoms with E-state index in [1.165, 1.54) is 186 Å². The van der Waals surface area contributed by atoms with Crippen LogP contribution in [0.1, 0.15) is 245 Å². The minimum absolute atomic E-state index is 0.179. The molecule has 0 saturated carbocycles. The molecule has 7 unspecified atom stereocenters. The molecule has 9 heteroatoms. The van der Waals surface area contributed by atoms with E-state index in [0.29, 0.717) is 6.42 Å². The normalized spacial score (nSPS) is 20.5. The highest BCUT2D eigenvalue weighted by atomic mass is 16.7. The molecule has 6 N–H and O–H groups in total. The number of amides is 1. The number of hydrogen-bond acceptors (Lipinski definition) is 8. The molecule has 1 fully saturated rings. The van der Waals surface area contributed by atoms with Crippen LogP contribution in [0.15, 0.2) is 24.3 Å². The van der Waals surface area contributed by atoms with Gasteiger partial charge in [0.2, 0.25) is 5.91 Å². The van der Waals surface area contributed by atoms with Gasteiger partial charge in [-0.15, -0.1) is 0 Å². The van der Waals surface area contributed by atoms with Gasteiger partial charge in [-0.1, -0.05) is 218 Å². The van der Waals surface area contributed by atoms with Crippen molar-refractivity contribution in [2.75, 3.05) is 13.2 Å². The van der Waals surface area contributed by atoms with Crippen molar-refractivity contribution in [3.8, 4) is 0 Å². The number of ether oxygens (including phenoxy) is 2. The zero-order chi connectivity index (χ0) is 44.4. The van der Waals surface area contributed by atoms with Crippen molar-refractivity contribution in [2.45, 2.75) is 288 Å². The van der Waals surface area contributed by atoms with E-state index < -0.39 is 49.5 Å². The van der Waals surface area contributed by atoms with Gasteiger partial charge in [-0.25, -0.2) is 0 Å². The number of carbonyl (C=O) groups is 1. The van der Waals surface area contributed by atoms with Gasteiger partial charge in [-0.3, -0.25) is 4.79 Å². The second-order valence-electron chi connectivity index (χ2n) is 18.3. The second kappa shape index (κ2) is 42.6. The number of rotatable bonds is 44. The highest BCUT2D eigenvalue weighted by Crippen LogP contribution is 2.23. The quantitative estimate of drug-likeness (QED) is 0.0262. The molecule has 0 aromatic heterocycles. The smallest absolute Gasteiger partial charge is 0.220 e. The first-order valence-corrected chi connectivity index (χ1v) is 26.1. The third-order valence-electron chi connectivity index (χ3n) is 12.5. The highest BCUT2D eigenvalue weighted by molar-refractivity contribution is 5.76. The van der Waals surface area contributed by atoms with Crippen molar-refractivity contribution in [3.63, 3.8) is 0 Å². The van der Waals surface area contributed by atoms with Gasteiger partial charge in [0.05, 0.1) is 25.4 Å². The van der Waals surface area contributed by atoms with Gasteiger partial charge in [0.25, 0.3) is 0 Å². The monoisotopic (exact) mass is 866 g/mol. The van der Waals surface area contributed by atoms with Gasteiger partial charge in [-0.2, -0.15) is 0 Å². The first-order chi connectivity index (χ1) is 29.8. The summed E-state index contributed by atoms with van der Waals surface area (Å²) >= 11 is 0.